The molecule has 1 spiro atoms. The van der Waals surface area contributed by atoms with E-state index in [4.69, 9.17) is 21.7 Å². The van der Waals surface area contributed by atoms with Crippen LogP contribution in [0, 0.1) is 6.92 Å². The molecular weight excluding hydrogens is 372 g/mol. The number of hydrogen-bond acceptors (Lipinski definition) is 4. The van der Waals surface area contributed by atoms with Crippen LogP contribution >= 0.6 is 12.2 Å². The number of fused-ring (bicyclic) bond motifs is 1. The maximum atomic E-state index is 10.2. The number of methoxy groups -OCH3 is 1. The van der Waals surface area contributed by atoms with Gasteiger partial charge in [0.25, 0.3) is 0 Å². The van der Waals surface area contributed by atoms with E-state index < -0.39 is 5.72 Å². The van der Waals surface area contributed by atoms with E-state index in [1.807, 2.05) is 19.1 Å². The van der Waals surface area contributed by atoms with Gasteiger partial charge in [0.2, 0.25) is 0 Å². The van der Waals surface area contributed by atoms with Gasteiger partial charge in [-0.25, -0.2) is 0 Å². The first-order valence-electron chi connectivity index (χ1n) is 9.47. The second kappa shape index (κ2) is 6.55. The number of hydrogen-bond donors (Lipinski definition) is 3. The van der Waals surface area contributed by atoms with Gasteiger partial charge in [-0.15, -0.1) is 0 Å². The molecule has 2 aliphatic heterocycles. The fourth-order valence-corrected chi connectivity index (χ4v) is 5.08. The van der Waals surface area contributed by atoms with Gasteiger partial charge in [-0.2, -0.15) is 0 Å². The lowest BCUT2D eigenvalue weighted by atomic mass is 9.76. The zero-order chi connectivity index (χ0) is 20.1. The summed E-state index contributed by atoms with van der Waals surface area (Å²) in [6.45, 7) is 6.26. The third-order valence-corrected chi connectivity index (χ3v) is 5.76. The standard InChI is InChI=1S/C22H26N2O3S/c1-13-9-15(25)10-18-19(13)17(14-5-7-16(26-4)8-6-14)11-22(27-18)12-21(2,3)23-20(28)24-22/h5-10,17,25H,11-12H2,1-4H3,(H2,23,24,28)/t17-,22-/m1/s1. The number of phenols is 1. The molecule has 2 aromatic carbocycles. The molecule has 2 atom stereocenters. The van der Waals surface area contributed by atoms with Crippen molar-refractivity contribution < 1.29 is 14.6 Å². The van der Waals surface area contributed by atoms with E-state index in [1.165, 1.54) is 5.56 Å². The first-order valence-corrected chi connectivity index (χ1v) is 9.88. The third kappa shape index (κ3) is 3.37. The van der Waals surface area contributed by atoms with E-state index in [0.717, 1.165) is 29.7 Å². The van der Waals surface area contributed by atoms with Crippen molar-refractivity contribution in [1.29, 1.82) is 0 Å². The Labute approximate surface area is 171 Å². The van der Waals surface area contributed by atoms with Crippen molar-refractivity contribution in [2.24, 2.45) is 0 Å². The lowest BCUT2D eigenvalue weighted by molar-refractivity contribution is -0.0130. The predicted molar refractivity (Wildman–Crippen MR) is 113 cm³/mol. The normalized spacial score (nSPS) is 25.3. The SMILES string of the molecule is COc1ccc([C@H]2C[C@]3(CC(C)(C)NC(=S)N3)Oc3cc(O)cc(C)c32)cc1. The van der Waals surface area contributed by atoms with Crippen LogP contribution in [0.1, 0.15) is 49.3 Å². The first-order chi connectivity index (χ1) is 13.2. The summed E-state index contributed by atoms with van der Waals surface area (Å²) >= 11 is 5.48. The van der Waals surface area contributed by atoms with Gasteiger partial charge in [0.05, 0.1) is 7.11 Å². The molecule has 28 heavy (non-hydrogen) atoms. The van der Waals surface area contributed by atoms with Crippen LogP contribution in [0.3, 0.4) is 0 Å². The summed E-state index contributed by atoms with van der Waals surface area (Å²) in [5.41, 5.74) is 2.47. The van der Waals surface area contributed by atoms with Crippen molar-refractivity contribution in [2.45, 2.75) is 50.8 Å². The highest BCUT2D eigenvalue weighted by Gasteiger charge is 2.49. The van der Waals surface area contributed by atoms with Crippen LogP contribution in [0.2, 0.25) is 0 Å². The number of aromatic hydroxyl groups is 1. The molecule has 0 aromatic heterocycles. The Bertz CT molecular complexity index is 926. The van der Waals surface area contributed by atoms with Crippen LogP contribution in [-0.4, -0.2) is 28.6 Å². The Balaban J connectivity index is 1.83. The largest absolute Gasteiger partial charge is 0.508 e. The summed E-state index contributed by atoms with van der Waals surface area (Å²) in [5.74, 6) is 1.85. The molecule has 2 heterocycles. The van der Waals surface area contributed by atoms with E-state index >= 15 is 0 Å². The average Bonchev–Trinajstić information content (AvgIpc) is 2.58. The molecule has 0 unspecified atom stereocenters. The van der Waals surface area contributed by atoms with Gasteiger partial charge in [-0.05, 0) is 62.3 Å². The molecule has 5 nitrogen and oxygen atoms in total. The maximum absolute atomic E-state index is 10.2. The number of aryl methyl sites for hydroxylation is 1. The number of nitrogens with one attached hydrogen (secondary N) is 2. The minimum absolute atomic E-state index is 0.111. The highest BCUT2D eigenvalue weighted by atomic mass is 32.1. The Morgan fingerprint density at radius 3 is 2.54 bits per heavy atom. The van der Waals surface area contributed by atoms with Crippen molar-refractivity contribution in [3.63, 3.8) is 0 Å². The van der Waals surface area contributed by atoms with Crippen LogP contribution in [0.4, 0.5) is 0 Å². The average molecular weight is 399 g/mol. The molecule has 0 saturated carbocycles. The summed E-state index contributed by atoms with van der Waals surface area (Å²) in [4.78, 5) is 0. The highest BCUT2D eigenvalue weighted by molar-refractivity contribution is 7.80. The van der Waals surface area contributed by atoms with Crippen molar-refractivity contribution >= 4 is 17.3 Å². The molecule has 0 bridgehead atoms. The predicted octanol–water partition coefficient (Wildman–Crippen LogP) is 3.97. The molecule has 6 heteroatoms. The number of phenolic OH excluding ortho intramolecular Hbond substituents is 1. The van der Waals surface area contributed by atoms with Crippen LogP contribution in [0.5, 0.6) is 17.2 Å². The molecule has 0 radical (unpaired) electrons. The van der Waals surface area contributed by atoms with Crippen LogP contribution in [0.25, 0.3) is 0 Å². The second-order valence-corrected chi connectivity index (χ2v) is 8.85. The second-order valence-electron chi connectivity index (χ2n) is 8.44. The Kier molecular flexibility index (Phi) is 4.42. The van der Waals surface area contributed by atoms with Gasteiger partial charge >= 0.3 is 0 Å². The van der Waals surface area contributed by atoms with Gasteiger partial charge < -0.3 is 25.2 Å². The molecule has 2 aromatic rings. The third-order valence-electron chi connectivity index (χ3n) is 5.56. The van der Waals surface area contributed by atoms with Crippen LogP contribution in [-0.2, 0) is 0 Å². The summed E-state index contributed by atoms with van der Waals surface area (Å²) in [6, 6.07) is 11.7. The lowest BCUT2D eigenvalue weighted by Gasteiger charge is -2.50. The highest BCUT2D eigenvalue weighted by Crippen LogP contribution is 2.49. The van der Waals surface area contributed by atoms with E-state index in [2.05, 4.69) is 36.6 Å². The molecule has 3 N–H and O–H groups in total. The van der Waals surface area contributed by atoms with Crippen molar-refractivity contribution in [3.8, 4) is 17.2 Å². The summed E-state index contributed by atoms with van der Waals surface area (Å²) in [7, 11) is 1.67. The smallest absolute Gasteiger partial charge is 0.185 e. The van der Waals surface area contributed by atoms with Gasteiger partial charge in [-0.1, -0.05) is 12.1 Å². The van der Waals surface area contributed by atoms with Crippen molar-refractivity contribution in [1.82, 2.24) is 10.6 Å². The summed E-state index contributed by atoms with van der Waals surface area (Å²) in [6.07, 6.45) is 1.48. The Hall–Kier alpha value is -2.47. The fraction of sp³-hybridized carbons (Fsp3) is 0.409. The zero-order valence-electron chi connectivity index (χ0n) is 16.6. The molecule has 2 aliphatic rings. The molecule has 0 aliphatic carbocycles. The van der Waals surface area contributed by atoms with Gasteiger partial charge in [0.15, 0.2) is 10.8 Å². The van der Waals surface area contributed by atoms with Gasteiger partial charge in [0.1, 0.15) is 17.2 Å². The summed E-state index contributed by atoms with van der Waals surface area (Å²) in [5, 5.41) is 17.5. The first kappa shape index (κ1) is 18.9. The van der Waals surface area contributed by atoms with Crippen LogP contribution in [0.15, 0.2) is 36.4 Å². The van der Waals surface area contributed by atoms with Crippen LogP contribution < -0.4 is 20.1 Å². The molecular formula is C22H26N2O3S. The van der Waals surface area contributed by atoms with Crippen molar-refractivity contribution in [2.75, 3.05) is 7.11 Å². The van der Waals surface area contributed by atoms with Gasteiger partial charge in [0, 0.05) is 35.9 Å². The number of ether oxygens (including phenoxy) is 2. The number of benzene rings is 2. The number of rotatable bonds is 2. The topological polar surface area (TPSA) is 62.8 Å². The van der Waals surface area contributed by atoms with E-state index in [0.29, 0.717) is 10.9 Å². The van der Waals surface area contributed by atoms with E-state index in [9.17, 15) is 5.11 Å². The monoisotopic (exact) mass is 398 g/mol. The maximum Gasteiger partial charge on any atom is 0.185 e. The number of thiocarbonyl (C=S) groups is 1. The molecule has 1 fully saturated rings. The van der Waals surface area contributed by atoms with Crippen molar-refractivity contribution in [3.05, 3.63) is 53.1 Å². The Morgan fingerprint density at radius 1 is 1.18 bits per heavy atom. The quantitative estimate of drug-likeness (QED) is 0.666. The zero-order valence-corrected chi connectivity index (χ0v) is 17.4. The fourth-order valence-electron chi connectivity index (χ4n) is 4.62. The minimum Gasteiger partial charge on any atom is -0.508 e. The minimum atomic E-state index is -0.635. The summed E-state index contributed by atoms with van der Waals surface area (Å²) < 4.78 is 11.8. The molecule has 1 saturated heterocycles. The van der Waals surface area contributed by atoms with E-state index in [-0.39, 0.29) is 17.2 Å². The Morgan fingerprint density at radius 2 is 1.89 bits per heavy atom. The van der Waals surface area contributed by atoms with E-state index in [1.54, 1.807) is 19.2 Å². The van der Waals surface area contributed by atoms with Gasteiger partial charge in [-0.3, -0.25) is 0 Å². The lowest BCUT2D eigenvalue weighted by Crippen LogP contribution is -2.69. The molecule has 4 rings (SSSR count). The molecule has 148 valence electrons. The molecule has 0 amide bonds.